The molecule has 2 aromatic rings. The molecule has 1 aliphatic rings. The maximum absolute atomic E-state index is 12.6. The lowest BCUT2D eigenvalue weighted by molar-refractivity contribution is -0.00337. The molecule has 0 N–H and O–H groups in total. The van der Waals surface area contributed by atoms with Crippen LogP contribution in [-0.2, 0) is 11.2 Å². The van der Waals surface area contributed by atoms with Crippen LogP contribution in [-0.4, -0.2) is 54.2 Å². The minimum Gasteiger partial charge on any atom is -0.497 e. The Morgan fingerprint density at radius 1 is 1.20 bits per heavy atom. The van der Waals surface area contributed by atoms with Crippen molar-refractivity contribution >= 4 is 5.91 Å². The second kappa shape index (κ2) is 8.07. The van der Waals surface area contributed by atoms with Gasteiger partial charge in [-0.1, -0.05) is 12.1 Å². The van der Waals surface area contributed by atoms with Crippen molar-refractivity contribution in [2.45, 2.75) is 18.9 Å². The molecule has 6 heteroatoms. The van der Waals surface area contributed by atoms with Crippen LogP contribution in [0.5, 0.6) is 5.75 Å². The fourth-order valence-electron chi connectivity index (χ4n) is 3.32. The minimum absolute atomic E-state index is 0.116. The van der Waals surface area contributed by atoms with Gasteiger partial charge in [-0.05, 0) is 36.6 Å². The highest BCUT2D eigenvalue weighted by Crippen LogP contribution is 2.25. The summed E-state index contributed by atoms with van der Waals surface area (Å²) in [5.74, 6) is 1.21. The maximum atomic E-state index is 12.6. The minimum atomic E-state index is -0.116. The highest BCUT2D eigenvalue weighted by molar-refractivity contribution is 5.90. The largest absolute Gasteiger partial charge is 0.497 e. The molecule has 2 heterocycles. The van der Waals surface area contributed by atoms with E-state index in [0.29, 0.717) is 13.1 Å². The molecule has 1 aliphatic heterocycles. The molecule has 1 aromatic carbocycles. The first-order chi connectivity index (χ1) is 12.2. The van der Waals surface area contributed by atoms with Gasteiger partial charge in [-0.25, -0.2) is 9.97 Å². The van der Waals surface area contributed by atoms with Crippen LogP contribution in [0.2, 0.25) is 0 Å². The quantitative estimate of drug-likeness (QED) is 0.834. The van der Waals surface area contributed by atoms with Crippen LogP contribution >= 0.6 is 0 Å². The molecule has 0 unspecified atom stereocenters. The number of piperidine rings is 1. The zero-order chi connectivity index (χ0) is 17.6. The summed E-state index contributed by atoms with van der Waals surface area (Å²) in [5, 5.41) is 0. The topological polar surface area (TPSA) is 64.5 Å². The van der Waals surface area contributed by atoms with E-state index in [1.54, 1.807) is 32.7 Å². The van der Waals surface area contributed by atoms with Gasteiger partial charge in [-0.2, -0.15) is 0 Å². The monoisotopic (exact) mass is 341 g/mol. The Hall–Kier alpha value is -2.47. The Balaban J connectivity index is 1.70. The first kappa shape index (κ1) is 17.4. The Bertz CT molecular complexity index is 691. The lowest BCUT2D eigenvalue weighted by Crippen LogP contribution is -2.47. The van der Waals surface area contributed by atoms with Crippen LogP contribution in [0.1, 0.15) is 22.6 Å². The Morgan fingerprint density at radius 2 is 1.92 bits per heavy atom. The first-order valence-electron chi connectivity index (χ1n) is 8.43. The van der Waals surface area contributed by atoms with Crippen molar-refractivity contribution in [3.8, 4) is 5.75 Å². The number of ether oxygens (including phenoxy) is 2. The average molecular weight is 341 g/mol. The van der Waals surface area contributed by atoms with Gasteiger partial charge in [0.15, 0.2) is 0 Å². The summed E-state index contributed by atoms with van der Waals surface area (Å²) >= 11 is 0. The highest BCUT2D eigenvalue weighted by atomic mass is 16.5. The lowest BCUT2D eigenvalue weighted by Gasteiger charge is -2.37. The summed E-state index contributed by atoms with van der Waals surface area (Å²) in [7, 11) is 3.40. The van der Waals surface area contributed by atoms with Crippen molar-refractivity contribution in [3.63, 3.8) is 0 Å². The highest BCUT2D eigenvalue weighted by Gasteiger charge is 2.32. The van der Waals surface area contributed by atoms with Gasteiger partial charge in [0.05, 0.1) is 13.2 Å². The van der Waals surface area contributed by atoms with Gasteiger partial charge < -0.3 is 14.4 Å². The van der Waals surface area contributed by atoms with Gasteiger partial charge in [0.1, 0.15) is 5.75 Å². The molecule has 0 saturated carbocycles. The molecule has 1 saturated heterocycles. The smallest absolute Gasteiger partial charge is 0.291 e. The third kappa shape index (κ3) is 4.14. The zero-order valence-corrected chi connectivity index (χ0v) is 14.6. The molecule has 0 spiro atoms. The predicted octanol–water partition coefficient (Wildman–Crippen LogP) is 2.21. The second-order valence-electron chi connectivity index (χ2n) is 6.20. The molecule has 132 valence electrons. The number of hydrogen-bond donors (Lipinski definition) is 0. The van der Waals surface area contributed by atoms with Crippen molar-refractivity contribution in [2.24, 2.45) is 5.92 Å². The Kier molecular flexibility index (Phi) is 5.60. The standard InChI is InChI=1S/C19H23N3O3/c1-24-16-6-4-14(5-7-16)12-15-13-22(11-8-17(15)25-2)19(23)18-20-9-3-10-21-18/h3-7,9-10,15,17H,8,11-13H2,1-2H3/t15-,17-/m0/s1. The number of methoxy groups -OCH3 is 2. The summed E-state index contributed by atoms with van der Waals surface area (Å²) in [6.07, 6.45) is 4.99. The summed E-state index contributed by atoms with van der Waals surface area (Å²) in [5.41, 5.74) is 1.21. The van der Waals surface area contributed by atoms with Crippen molar-refractivity contribution < 1.29 is 14.3 Å². The van der Waals surface area contributed by atoms with Crippen LogP contribution < -0.4 is 4.74 Å². The van der Waals surface area contributed by atoms with E-state index in [-0.39, 0.29) is 23.8 Å². The maximum Gasteiger partial charge on any atom is 0.291 e. The molecule has 0 aliphatic carbocycles. The fourth-order valence-corrected chi connectivity index (χ4v) is 3.32. The number of aromatic nitrogens is 2. The molecule has 1 amide bonds. The number of carbonyl (C=O) groups is 1. The number of nitrogens with zero attached hydrogens (tertiary/aromatic N) is 3. The molecule has 1 aromatic heterocycles. The number of likely N-dealkylation sites (tertiary alicyclic amines) is 1. The summed E-state index contributed by atoms with van der Waals surface area (Å²) in [4.78, 5) is 22.6. The van der Waals surface area contributed by atoms with Crippen molar-refractivity contribution in [1.29, 1.82) is 0 Å². The van der Waals surface area contributed by atoms with E-state index in [2.05, 4.69) is 22.1 Å². The van der Waals surface area contributed by atoms with Crippen LogP contribution in [0.3, 0.4) is 0 Å². The third-order valence-corrected chi connectivity index (χ3v) is 4.67. The number of benzene rings is 1. The second-order valence-corrected chi connectivity index (χ2v) is 6.20. The number of hydrogen-bond acceptors (Lipinski definition) is 5. The van der Waals surface area contributed by atoms with Gasteiger partial charge in [-0.3, -0.25) is 4.79 Å². The van der Waals surface area contributed by atoms with E-state index in [0.717, 1.165) is 18.6 Å². The first-order valence-corrected chi connectivity index (χ1v) is 8.43. The molecular formula is C19H23N3O3. The van der Waals surface area contributed by atoms with Crippen molar-refractivity contribution in [2.75, 3.05) is 27.3 Å². The average Bonchev–Trinajstić information content (AvgIpc) is 2.68. The number of carbonyl (C=O) groups excluding carboxylic acids is 1. The van der Waals surface area contributed by atoms with Crippen LogP contribution in [0.4, 0.5) is 0 Å². The van der Waals surface area contributed by atoms with Crippen molar-refractivity contribution in [1.82, 2.24) is 14.9 Å². The third-order valence-electron chi connectivity index (χ3n) is 4.67. The van der Waals surface area contributed by atoms with E-state index in [1.165, 1.54) is 5.56 Å². The Labute approximate surface area is 147 Å². The summed E-state index contributed by atoms with van der Waals surface area (Å²) < 4.78 is 10.9. The van der Waals surface area contributed by atoms with Crippen LogP contribution in [0.15, 0.2) is 42.7 Å². The SMILES string of the molecule is COc1ccc(C[C@H]2CN(C(=O)c3ncccn3)CC[C@@H]2OC)cc1. The molecular weight excluding hydrogens is 318 g/mol. The van der Waals surface area contributed by atoms with Crippen LogP contribution in [0, 0.1) is 5.92 Å². The number of amides is 1. The van der Waals surface area contributed by atoms with Gasteiger partial charge in [-0.15, -0.1) is 0 Å². The van der Waals surface area contributed by atoms with Gasteiger partial charge in [0, 0.05) is 38.5 Å². The molecule has 6 nitrogen and oxygen atoms in total. The lowest BCUT2D eigenvalue weighted by atomic mass is 9.88. The van der Waals surface area contributed by atoms with Crippen molar-refractivity contribution in [3.05, 3.63) is 54.1 Å². The number of rotatable bonds is 5. The Morgan fingerprint density at radius 3 is 2.56 bits per heavy atom. The molecule has 0 radical (unpaired) electrons. The summed E-state index contributed by atoms with van der Waals surface area (Å²) in [6, 6.07) is 9.75. The fraction of sp³-hybridized carbons (Fsp3) is 0.421. The van der Waals surface area contributed by atoms with E-state index in [4.69, 9.17) is 9.47 Å². The molecule has 2 atom stereocenters. The van der Waals surface area contributed by atoms with Gasteiger partial charge >= 0.3 is 0 Å². The van der Waals surface area contributed by atoms with E-state index >= 15 is 0 Å². The summed E-state index contributed by atoms with van der Waals surface area (Å²) in [6.45, 7) is 1.30. The molecule has 0 bridgehead atoms. The predicted molar refractivity (Wildman–Crippen MR) is 93.5 cm³/mol. The van der Waals surface area contributed by atoms with Gasteiger partial charge in [0.25, 0.3) is 5.91 Å². The normalized spacial score (nSPS) is 20.3. The molecule has 1 fully saturated rings. The van der Waals surface area contributed by atoms with E-state index in [1.807, 2.05) is 17.0 Å². The van der Waals surface area contributed by atoms with E-state index in [9.17, 15) is 4.79 Å². The zero-order valence-electron chi connectivity index (χ0n) is 14.6. The van der Waals surface area contributed by atoms with Crippen LogP contribution in [0.25, 0.3) is 0 Å². The molecule has 25 heavy (non-hydrogen) atoms. The molecule has 3 rings (SSSR count). The van der Waals surface area contributed by atoms with E-state index < -0.39 is 0 Å². The van der Waals surface area contributed by atoms with Gasteiger partial charge in [0.2, 0.25) is 5.82 Å².